The van der Waals surface area contributed by atoms with Gasteiger partial charge in [0.25, 0.3) is 0 Å². The molecule has 92 valence electrons. The van der Waals surface area contributed by atoms with Gasteiger partial charge in [-0.1, -0.05) is 65.7 Å². The molecule has 0 aromatic carbocycles. The van der Waals surface area contributed by atoms with Crippen LogP contribution in [0.5, 0.6) is 0 Å². The molecule has 0 heterocycles. The van der Waals surface area contributed by atoms with Gasteiger partial charge in [0.2, 0.25) is 0 Å². The van der Waals surface area contributed by atoms with Gasteiger partial charge in [-0.15, -0.1) is 0 Å². The van der Waals surface area contributed by atoms with Gasteiger partial charge in [0, 0.05) is 6.04 Å². The van der Waals surface area contributed by atoms with Crippen LogP contribution in [0.1, 0.15) is 78.6 Å². The lowest BCUT2D eigenvalue weighted by atomic mass is 10.0. The van der Waals surface area contributed by atoms with Crippen LogP contribution in [0, 0.1) is 0 Å². The Morgan fingerprint density at radius 3 is 1.80 bits per heavy atom. The molecule has 1 atom stereocenters. The maximum absolute atomic E-state index is 3.62. The zero-order valence-electron chi connectivity index (χ0n) is 11.1. The standard InChI is InChI=1S/C14H31N/c1-4-7-9-11-13-14(15-6-3)12-10-8-5-2/h14-15H,4-13H2,1-3H3. The maximum atomic E-state index is 3.62. The molecule has 0 aromatic heterocycles. The Morgan fingerprint density at radius 2 is 1.27 bits per heavy atom. The SMILES string of the molecule is CCCCCCC(CCCCC)NCC. The van der Waals surface area contributed by atoms with Gasteiger partial charge in [-0.2, -0.15) is 0 Å². The second-order valence-corrected chi connectivity index (χ2v) is 4.60. The average Bonchev–Trinajstić information content (AvgIpc) is 2.24. The predicted molar refractivity (Wildman–Crippen MR) is 70.4 cm³/mol. The van der Waals surface area contributed by atoms with E-state index >= 15 is 0 Å². The van der Waals surface area contributed by atoms with Crippen molar-refractivity contribution in [1.29, 1.82) is 0 Å². The van der Waals surface area contributed by atoms with Crippen LogP contribution in [-0.2, 0) is 0 Å². The Kier molecular flexibility index (Phi) is 12.0. The first-order valence-corrected chi connectivity index (χ1v) is 7.08. The number of hydrogen-bond acceptors (Lipinski definition) is 1. The van der Waals surface area contributed by atoms with Gasteiger partial charge in [-0.3, -0.25) is 0 Å². The second kappa shape index (κ2) is 12.0. The molecule has 0 bridgehead atoms. The predicted octanol–water partition coefficient (Wildman–Crippen LogP) is 4.52. The van der Waals surface area contributed by atoms with Crippen LogP contribution < -0.4 is 5.32 Å². The van der Waals surface area contributed by atoms with E-state index in [2.05, 4.69) is 26.1 Å². The lowest BCUT2D eigenvalue weighted by Crippen LogP contribution is -2.28. The highest BCUT2D eigenvalue weighted by Gasteiger charge is 2.05. The zero-order valence-corrected chi connectivity index (χ0v) is 11.1. The number of nitrogens with one attached hydrogen (secondary N) is 1. The van der Waals surface area contributed by atoms with E-state index < -0.39 is 0 Å². The molecular weight excluding hydrogens is 182 g/mol. The van der Waals surface area contributed by atoms with E-state index in [0.717, 1.165) is 12.6 Å². The molecule has 0 amide bonds. The molecule has 0 rings (SSSR count). The summed E-state index contributed by atoms with van der Waals surface area (Å²) in [7, 11) is 0. The van der Waals surface area contributed by atoms with Crippen molar-refractivity contribution in [2.45, 2.75) is 84.6 Å². The van der Waals surface area contributed by atoms with Crippen LogP contribution in [0.3, 0.4) is 0 Å². The minimum atomic E-state index is 0.790. The van der Waals surface area contributed by atoms with E-state index in [4.69, 9.17) is 0 Å². The number of hydrogen-bond donors (Lipinski definition) is 1. The van der Waals surface area contributed by atoms with Gasteiger partial charge >= 0.3 is 0 Å². The molecule has 0 saturated carbocycles. The third-order valence-corrected chi connectivity index (χ3v) is 3.06. The molecule has 15 heavy (non-hydrogen) atoms. The van der Waals surface area contributed by atoms with Gasteiger partial charge < -0.3 is 5.32 Å². The highest BCUT2D eigenvalue weighted by molar-refractivity contribution is 4.66. The molecule has 0 aliphatic carbocycles. The Balaban J connectivity index is 3.44. The van der Waals surface area contributed by atoms with Gasteiger partial charge in [-0.25, -0.2) is 0 Å². The average molecular weight is 213 g/mol. The quantitative estimate of drug-likeness (QED) is 0.498. The molecule has 0 aliphatic rings. The molecule has 0 aromatic rings. The minimum Gasteiger partial charge on any atom is -0.314 e. The van der Waals surface area contributed by atoms with Crippen LogP contribution in [0.25, 0.3) is 0 Å². The van der Waals surface area contributed by atoms with E-state index in [1.165, 1.54) is 57.8 Å². The van der Waals surface area contributed by atoms with Crippen molar-refractivity contribution in [2.24, 2.45) is 0 Å². The van der Waals surface area contributed by atoms with Crippen molar-refractivity contribution in [3.63, 3.8) is 0 Å². The highest BCUT2D eigenvalue weighted by atomic mass is 14.9. The lowest BCUT2D eigenvalue weighted by molar-refractivity contribution is 0.425. The van der Waals surface area contributed by atoms with E-state index in [-0.39, 0.29) is 0 Å². The Morgan fingerprint density at radius 1 is 0.733 bits per heavy atom. The van der Waals surface area contributed by atoms with Gasteiger partial charge in [0.15, 0.2) is 0 Å². The van der Waals surface area contributed by atoms with E-state index in [1.807, 2.05) is 0 Å². The molecule has 0 radical (unpaired) electrons. The molecule has 1 N–H and O–H groups in total. The number of unbranched alkanes of at least 4 members (excludes halogenated alkanes) is 5. The Bertz CT molecular complexity index is 112. The van der Waals surface area contributed by atoms with Crippen LogP contribution in [0.15, 0.2) is 0 Å². The fraction of sp³-hybridized carbons (Fsp3) is 1.00. The summed E-state index contributed by atoms with van der Waals surface area (Å²) in [5.74, 6) is 0. The van der Waals surface area contributed by atoms with Gasteiger partial charge in [-0.05, 0) is 19.4 Å². The summed E-state index contributed by atoms with van der Waals surface area (Å²) in [6, 6.07) is 0.790. The Labute approximate surface area is 97.0 Å². The van der Waals surface area contributed by atoms with Crippen molar-refractivity contribution in [3.8, 4) is 0 Å². The van der Waals surface area contributed by atoms with E-state index in [9.17, 15) is 0 Å². The maximum Gasteiger partial charge on any atom is 0.00669 e. The van der Waals surface area contributed by atoms with Crippen LogP contribution in [0.4, 0.5) is 0 Å². The first kappa shape index (κ1) is 15.0. The summed E-state index contributed by atoms with van der Waals surface area (Å²) in [6.45, 7) is 7.91. The smallest absolute Gasteiger partial charge is 0.00669 e. The Hall–Kier alpha value is -0.0400. The summed E-state index contributed by atoms with van der Waals surface area (Å²) >= 11 is 0. The molecule has 0 fully saturated rings. The van der Waals surface area contributed by atoms with Crippen molar-refractivity contribution < 1.29 is 0 Å². The summed E-state index contributed by atoms with van der Waals surface area (Å²) in [6.07, 6.45) is 12.5. The summed E-state index contributed by atoms with van der Waals surface area (Å²) in [5, 5.41) is 3.62. The van der Waals surface area contributed by atoms with Crippen molar-refractivity contribution in [1.82, 2.24) is 5.32 Å². The van der Waals surface area contributed by atoms with Crippen molar-refractivity contribution in [3.05, 3.63) is 0 Å². The van der Waals surface area contributed by atoms with Gasteiger partial charge in [0.1, 0.15) is 0 Å². The third-order valence-electron chi connectivity index (χ3n) is 3.06. The first-order valence-electron chi connectivity index (χ1n) is 7.08. The fourth-order valence-corrected chi connectivity index (χ4v) is 2.10. The molecule has 1 heteroatoms. The van der Waals surface area contributed by atoms with Crippen LogP contribution in [-0.4, -0.2) is 12.6 Å². The number of rotatable bonds is 11. The summed E-state index contributed by atoms with van der Waals surface area (Å²) in [4.78, 5) is 0. The van der Waals surface area contributed by atoms with Crippen molar-refractivity contribution >= 4 is 0 Å². The summed E-state index contributed by atoms with van der Waals surface area (Å²) in [5.41, 5.74) is 0. The molecule has 0 aliphatic heterocycles. The normalized spacial score (nSPS) is 13.0. The van der Waals surface area contributed by atoms with Crippen LogP contribution >= 0.6 is 0 Å². The molecule has 1 unspecified atom stereocenters. The van der Waals surface area contributed by atoms with Crippen molar-refractivity contribution in [2.75, 3.05) is 6.54 Å². The molecule has 1 nitrogen and oxygen atoms in total. The minimum absolute atomic E-state index is 0.790. The van der Waals surface area contributed by atoms with Gasteiger partial charge in [0.05, 0.1) is 0 Å². The molecule has 0 saturated heterocycles. The topological polar surface area (TPSA) is 12.0 Å². The lowest BCUT2D eigenvalue weighted by Gasteiger charge is -2.17. The zero-order chi connectivity index (χ0) is 11.4. The summed E-state index contributed by atoms with van der Waals surface area (Å²) < 4.78 is 0. The fourth-order valence-electron chi connectivity index (χ4n) is 2.10. The largest absolute Gasteiger partial charge is 0.314 e. The van der Waals surface area contributed by atoms with E-state index in [0.29, 0.717) is 0 Å². The highest BCUT2D eigenvalue weighted by Crippen LogP contribution is 2.11. The monoisotopic (exact) mass is 213 g/mol. The third kappa shape index (κ3) is 10.2. The first-order chi connectivity index (χ1) is 7.35. The molecule has 0 spiro atoms. The second-order valence-electron chi connectivity index (χ2n) is 4.60. The molecular formula is C14H31N. The van der Waals surface area contributed by atoms with E-state index in [1.54, 1.807) is 0 Å². The van der Waals surface area contributed by atoms with Crippen LogP contribution in [0.2, 0.25) is 0 Å².